The van der Waals surface area contributed by atoms with Gasteiger partial charge in [-0.1, -0.05) is 115 Å². The van der Waals surface area contributed by atoms with E-state index in [9.17, 15) is 28.8 Å². The summed E-state index contributed by atoms with van der Waals surface area (Å²) in [6.07, 6.45) is 26.2. The SMILES string of the molecule is CCCC/C=C/C(CCC(CCCCCCCC(=O)O)OOC(CCCCCCCC(=O)O)CCC(/C=C/CCCC)C1CC(=O)OC1=O)C1CC(=O)OC1=O. The third-order valence-electron chi connectivity index (χ3n) is 10.9. The number of ether oxygens (including phenoxy) is 2. The lowest BCUT2D eigenvalue weighted by Gasteiger charge is -2.25. The van der Waals surface area contributed by atoms with Crippen molar-refractivity contribution in [1.29, 1.82) is 0 Å². The number of cyclic esters (lactones) is 4. The highest BCUT2D eigenvalue weighted by atomic mass is 17.2. The number of carboxylic acid groups (broad SMARTS) is 2. The van der Waals surface area contributed by atoms with E-state index in [2.05, 4.69) is 26.0 Å². The van der Waals surface area contributed by atoms with Crippen molar-refractivity contribution in [3.8, 4) is 0 Å². The molecule has 0 aromatic carbocycles. The lowest BCUT2D eigenvalue weighted by atomic mass is 9.85. The van der Waals surface area contributed by atoms with Crippen molar-refractivity contribution < 1.29 is 58.2 Å². The quantitative estimate of drug-likeness (QED) is 0.0155. The van der Waals surface area contributed by atoms with Gasteiger partial charge in [0.2, 0.25) is 0 Å². The summed E-state index contributed by atoms with van der Waals surface area (Å²) in [6.45, 7) is 4.24. The van der Waals surface area contributed by atoms with E-state index in [1.807, 2.05) is 12.2 Å². The van der Waals surface area contributed by atoms with E-state index in [4.69, 9.17) is 29.5 Å². The number of allylic oxidation sites excluding steroid dienone is 4. The van der Waals surface area contributed by atoms with Gasteiger partial charge < -0.3 is 19.7 Å². The average Bonchev–Trinajstić information content (AvgIpc) is 3.68. The Morgan fingerprint density at radius 1 is 0.571 bits per heavy atom. The summed E-state index contributed by atoms with van der Waals surface area (Å²) >= 11 is 0. The zero-order chi connectivity index (χ0) is 41.0. The molecular weight excluding hydrogens is 720 g/mol. The van der Waals surface area contributed by atoms with Crippen LogP contribution >= 0.6 is 0 Å². The van der Waals surface area contributed by atoms with E-state index in [1.165, 1.54) is 0 Å². The molecule has 0 bridgehead atoms. The zero-order valence-corrected chi connectivity index (χ0v) is 34.1. The van der Waals surface area contributed by atoms with E-state index in [0.29, 0.717) is 51.4 Å². The van der Waals surface area contributed by atoms with Gasteiger partial charge in [0.25, 0.3) is 0 Å². The van der Waals surface area contributed by atoms with Crippen LogP contribution in [0.3, 0.4) is 0 Å². The highest BCUT2D eigenvalue weighted by Crippen LogP contribution is 2.33. The van der Waals surface area contributed by atoms with Crippen LogP contribution in [0.15, 0.2) is 24.3 Å². The minimum Gasteiger partial charge on any atom is -0.481 e. The van der Waals surface area contributed by atoms with Gasteiger partial charge >= 0.3 is 35.8 Å². The molecular formula is C44H70O12. The standard InChI is InChI=1S/C44H70O12/c1-3-5-7-15-21-33(37-31-41(49)53-43(37)51)27-29-35(23-17-11-9-13-19-25-39(45)46)55-56-36(24-18-12-10-14-20-26-40(47)48)30-28-34(22-16-8-6-4-2)38-32-42(50)54-44(38)52/h15-16,21-22,33-38H,3-14,17-20,23-32H2,1-2H3,(H,45,46)(H,47,48)/b21-15+,22-16+. The summed E-state index contributed by atoms with van der Waals surface area (Å²) in [5.74, 6) is -4.96. The molecule has 0 amide bonds. The maximum atomic E-state index is 12.6. The van der Waals surface area contributed by atoms with Gasteiger partial charge in [-0.15, -0.1) is 0 Å². The van der Waals surface area contributed by atoms with Crippen LogP contribution in [0.1, 0.15) is 181 Å². The monoisotopic (exact) mass is 790 g/mol. The average molecular weight is 791 g/mol. The Bertz CT molecular complexity index is 1150. The summed E-state index contributed by atoms with van der Waals surface area (Å²) < 4.78 is 9.84. The number of carbonyl (C=O) groups excluding carboxylic acids is 4. The molecule has 0 spiro atoms. The molecule has 6 atom stereocenters. The first-order valence-corrected chi connectivity index (χ1v) is 21.6. The molecule has 6 unspecified atom stereocenters. The molecule has 56 heavy (non-hydrogen) atoms. The van der Waals surface area contributed by atoms with Crippen LogP contribution < -0.4 is 0 Å². The topological polar surface area (TPSA) is 180 Å². The van der Waals surface area contributed by atoms with Crippen molar-refractivity contribution in [1.82, 2.24) is 0 Å². The highest BCUT2D eigenvalue weighted by molar-refractivity contribution is 5.95. The number of esters is 4. The summed E-state index contributed by atoms with van der Waals surface area (Å²) in [6, 6.07) is 0. The number of aliphatic carboxylic acids is 2. The third-order valence-corrected chi connectivity index (χ3v) is 10.9. The molecule has 2 heterocycles. The minimum absolute atomic E-state index is 0.0621. The first-order chi connectivity index (χ1) is 27.0. The summed E-state index contributed by atoms with van der Waals surface area (Å²) in [4.78, 5) is 83.8. The second kappa shape index (κ2) is 29.8. The van der Waals surface area contributed by atoms with E-state index in [0.717, 1.165) is 89.9 Å². The Hall–Kier alpha value is -3.38. The van der Waals surface area contributed by atoms with Gasteiger partial charge in [-0.2, -0.15) is 0 Å². The van der Waals surface area contributed by atoms with Crippen LogP contribution in [0.2, 0.25) is 0 Å². The van der Waals surface area contributed by atoms with Crippen LogP contribution in [0, 0.1) is 23.7 Å². The first kappa shape index (κ1) is 48.8. The number of unbranched alkanes of at least 4 members (excludes halogenated alkanes) is 12. The van der Waals surface area contributed by atoms with E-state index >= 15 is 0 Å². The number of carboxylic acids is 2. The van der Waals surface area contributed by atoms with Crippen molar-refractivity contribution in [2.24, 2.45) is 23.7 Å². The molecule has 0 aromatic heterocycles. The smallest absolute Gasteiger partial charge is 0.317 e. The molecule has 2 fully saturated rings. The Labute approximate surface area is 334 Å². The fourth-order valence-electron chi connectivity index (χ4n) is 7.44. The Morgan fingerprint density at radius 3 is 1.29 bits per heavy atom. The van der Waals surface area contributed by atoms with E-state index in [1.54, 1.807) is 0 Å². The molecule has 0 radical (unpaired) electrons. The maximum absolute atomic E-state index is 12.6. The number of rotatable bonds is 35. The predicted octanol–water partition coefficient (Wildman–Crippen LogP) is 9.77. The van der Waals surface area contributed by atoms with Crippen molar-refractivity contribution in [2.75, 3.05) is 0 Å². The third kappa shape index (κ3) is 21.8. The number of hydrogen-bond donors (Lipinski definition) is 2. The molecule has 0 saturated carbocycles. The Morgan fingerprint density at radius 2 is 0.946 bits per heavy atom. The van der Waals surface area contributed by atoms with Crippen LogP contribution in [-0.4, -0.2) is 58.2 Å². The summed E-state index contributed by atoms with van der Waals surface area (Å²) in [7, 11) is 0. The van der Waals surface area contributed by atoms with Crippen LogP contribution in [0.4, 0.5) is 0 Å². The summed E-state index contributed by atoms with van der Waals surface area (Å²) in [5, 5.41) is 17.9. The molecule has 0 aliphatic carbocycles. The lowest BCUT2D eigenvalue weighted by Crippen LogP contribution is -2.25. The Balaban J connectivity index is 2.18. The maximum Gasteiger partial charge on any atom is 0.317 e. The van der Waals surface area contributed by atoms with Crippen LogP contribution in [0.25, 0.3) is 0 Å². The van der Waals surface area contributed by atoms with Gasteiger partial charge in [0.15, 0.2) is 0 Å². The molecule has 2 aliphatic rings. The summed E-state index contributed by atoms with van der Waals surface area (Å²) in [5.41, 5.74) is 0. The van der Waals surface area contributed by atoms with Crippen molar-refractivity contribution in [3.63, 3.8) is 0 Å². The largest absolute Gasteiger partial charge is 0.481 e. The fourth-order valence-corrected chi connectivity index (χ4v) is 7.44. The van der Waals surface area contributed by atoms with Crippen LogP contribution in [0.5, 0.6) is 0 Å². The first-order valence-electron chi connectivity index (χ1n) is 21.6. The second-order valence-corrected chi connectivity index (χ2v) is 15.7. The Kier molecular flexibility index (Phi) is 26.0. The van der Waals surface area contributed by atoms with Crippen LogP contribution in [-0.2, 0) is 48.0 Å². The van der Waals surface area contributed by atoms with Crippen molar-refractivity contribution >= 4 is 35.8 Å². The van der Waals surface area contributed by atoms with Gasteiger partial charge in [0.1, 0.15) is 0 Å². The van der Waals surface area contributed by atoms with Gasteiger partial charge in [-0.3, -0.25) is 28.8 Å². The van der Waals surface area contributed by atoms with Gasteiger partial charge in [-0.25, -0.2) is 9.78 Å². The molecule has 2 rings (SSSR count). The second-order valence-electron chi connectivity index (χ2n) is 15.7. The van der Waals surface area contributed by atoms with Gasteiger partial charge in [0.05, 0.1) is 36.9 Å². The normalized spacial score (nSPS) is 19.5. The molecule has 12 nitrogen and oxygen atoms in total. The van der Waals surface area contributed by atoms with Crippen molar-refractivity contribution in [2.45, 2.75) is 193 Å². The fraction of sp³-hybridized carbons (Fsp3) is 0.773. The minimum atomic E-state index is -0.787. The molecule has 318 valence electrons. The highest BCUT2D eigenvalue weighted by Gasteiger charge is 2.39. The van der Waals surface area contributed by atoms with Crippen molar-refractivity contribution in [3.05, 3.63) is 24.3 Å². The zero-order valence-electron chi connectivity index (χ0n) is 34.1. The van der Waals surface area contributed by atoms with E-state index < -0.39 is 47.7 Å². The van der Waals surface area contributed by atoms with E-state index in [-0.39, 0.29) is 49.7 Å². The predicted molar refractivity (Wildman–Crippen MR) is 211 cm³/mol. The number of hydrogen-bond acceptors (Lipinski definition) is 10. The molecule has 2 N–H and O–H groups in total. The van der Waals surface area contributed by atoms with Gasteiger partial charge in [-0.05, 0) is 76.0 Å². The molecule has 2 saturated heterocycles. The number of carbonyl (C=O) groups is 6. The molecule has 2 aliphatic heterocycles. The van der Waals surface area contributed by atoms with Gasteiger partial charge in [0, 0.05) is 12.8 Å². The molecule has 0 aromatic rings. The molecule has 12 heteroatoms. The lowest BCUT2D eigenvalue weighted by molar-refractivity contribution is -0.355.